The summed E-state index contributed by atoms with van der Waals surface area (Å²) < 4.78 is 1.36. The molecule has 0 aromatic heterocycles. The number of halogens is 1. The average molecular weight is 477 g/mol. The predicted octanol–water partition coefficient (Wildman–Crippen LogP) is 6.30. The maximum absolute atomic E-state index is 2.57. The number of rotatable bonds is 23. The maximum Gasteiger partial charge on any atom is 0.0784 e. The number of nitrogens with zero attached hydrogens (tertiary/aromatic N) is 1. The van der Waals surface area contributed by atoms with Crippen molar-refractivity contribution in [3.8, 4) is 0 Å². The maximum atomic E-state index is 2.57. The molecule has 0 aliphatic heterocycles. The summed E-state index contributed by atoms with van der Waals surface area (Å²) in [6.07, 6.45) is 28.8. The van der Waals surface area contributed by atoms with Gasteiger partial charge in [-0.1, -0.05) is 111 Å². The Morgan fingerprint density at radius 3 is 0.793 bits per heavy atom. The zero-order chi connectivity index (χ0) is 20.8. The van der Waals surface area contributed by atoms with Gasteiger partial charge in [0.2, 0.25) is 0 Å². The van der Waals surface area contributed by atoms with Crippen molar-refractivity contribution >= 4 is 0 Å². The monoisotopic (exact) mass is 475 g/mol. The first-order valence-electron chi connectivity index (χ1n) is 13.5. The largest absolute Gasteiger partial charge is 1.00 e. The van der Waals surface area contributed by atoms with E-state index in [4.69, 9.17) is 0 Å². The van der Waals surface area contributed by atoms with Crippen LogP contribution in [-0.4, -0.2) is 31.2 Å². The van der Waals surface area contributed by atoms with E-state index in [0.29, 0.717) is 0 Å². The standard InChI is InChI=1S/C27H58N.BrH/c1-5-8-11-14-17-18-21-24-27-28(4,25-22-19-15-12-9-6-2)26-23-20-16-13-10-7-3;/h5-27H2,1-4H3;1H/q+1;/p-1. The number of quaternary nitrogens is 1. The Hall–Kier alpha value is 0.440. The SMILES string of the molecule is CCCCCCCCCC[N+](C)(CCCCCCCC)CCCCCCCC.[Br-]. The second kappa shape index (κ2) is 24.7. The van der Waals surface area contributed by atoms with Crippen LogP contribution in [0.2, 0.25) is 0 Å². The zero-order valence-corrected chi connectivity index (χ0v) is 22.7. The Balaban J connectivity index is 0. The fraction of sp³-hybridized carbons (Fsp3) is 1.00. The summed E-state index contributed by atoms with van der Waals surface area (Å²) in [5, 5.41) is 0. The van der Waals surface area contributed by atoms with Crippen LogP contribution < -0.4 is 17.0 Å². The highest BCUT2D eigenvalue weighted by atomic mass is 79.9. The van der Waals surface area contributed by atoms with Crippen molar-refractivity contribution in [2.45, 2.75) is 149 Å². The molecule has 0 bridgehead atoms. The second-order valence-corrected chi connectivity index (χ2v) is 9.80. The zero-order valence-electron chi connectivity index (χ0n) is 21.1. The topological polar surface area (TPSA) is 0 Å². The van der Waals surface area contributed by atoms with E-state index in [9.17, 15) is 0 Å². The molecule has 29 heavy (non-hydrogen) atoms. The van der Waals surface area contributed by atoms with Gasteiger partial charge < -0.3 is 21.5 Å². The van der Waals surface area contributed by atoms with Crippen molar-refractivity contribution in [1.82, 2.24) is 0 Å². The molecule has 0 heterocycles. The summed E-state index contributed by atoms with van der Waals surface area (Å²) in [5.41, 5.74) is 0. The molecule has 0 aromatic rings. The fourth-order valence-corrected chi connectivity index (χ4v) is 4.51. The molecule has 0 aliphatic rings. The minimum absolute atomic E-state index is 0. The lowest BCUT2D eigenvalue weighted by atomic mass is 10.1. The molecule has 0 atom stereocenters. The van der Waals surface area contributed by atoms with Gasteiger partial charge in [-0.3, -0.25) is 0 Å². The van der Waals surface area contributed by atoms with Gasteiger partial charge in [-0.05, 0) is 38.5 Å². The molecular weight excluding hydrogens is 418 g/mol. The molecule has 0 N–H and O–H groups in total. The first-order chi connectivity index (χ1) is 13.7. The van der Waals surface area contributed by atoms with Gasteiger partial charge in [-0.2, -0.15) is 0 Å². The Morgan fingerprint density at radius 1 is 0.345 bits per heavy atom. The van der Waals surface area contributed by atoms with Gasteiger partial charge in [0.05, 0.1) is 26.7 Å². The van der Waals surface area contributed by atoms with Crippen LogP contribution >= 0.6 is 0 Å². The Bertz CT molecular complexity index is 276. The molecule has 0 spiro atoms. The van der Waals surface area contributed by atoms with Gasteiger partial charge in [0.15, 0.2) is 0 Å². The van der Waals surface area contributed by atoms with Crippen LogP contribution in [0.15, 0.2) is 0 Å². The third kappa shape index (κ3) is 22.9. The smallest absolute Gasteiger partial charge is 0.0784 e. The van der Waals surface area contributed by atoms with Crippen LogP contribution in [0.4, 0.5) is 0 Å². The minimum atomic E-state index is 0. The second-order valence-electron chi connectivity index (χ2n) is 9.80. The van der Waals surface area contributed by atoms with E-state index in [0.717, 1.165) is 0 Å². The van der Waals surface area contributed by atoms with Crippen molar-refractivity contribution in [2.24, 2.45) is 0 Å². The van der Waals surface area contributed by atoms with E-state index in [2.05, 4.69) is 27.8 Å². The van der Waals surface area contributed by atoms with Crippen molar-refractivity contribution in [3.05, 3.63) is 0 Å². The van der Waals surface area contributed by atoms with E-state index in [1.807, 2.05) is 0 Å². The van der Waals surface area contributed by atoms with Crippen molar-refractivity contribution < 1.29 is 21.5 Å². The van der Waals surface area contributed by atoms with Gasteiger partial charge >= 0.3 is 0 Å². The summed E-state index contributed by atoms with van der Waals surface area (Å²) in [5.74, 6) is 0. The number of hydrogen-bond donors (Lipinski definition) is 0. The molecule has 0 saturated carbocycles. The predicted molar refractivity (Wildman–Crippen MR) is 130 cm³/mol. The Morgan fingerprint density at radius 2 is 0.552 bits per heavy atom. The Kier molecular flexibility index (Phi) is 26.9. The molecule has 0 fully saturated rings. The molecule has 0 amide bonds. The highest BCUT2D eigenvalue weighted by Crippen LogP contribution is 2.16. The molecule has 0 unspecified atom stereocenters. The molecule has 1 nitrogen and oxygen atoms in total. The van der Waals surface area contributed by atoms with Crippen LogP contribution in [0.1, 0.15) is 149 Å². The molecule has 0 radical (unpaired) electrons. The van der Waals surface area contributed by atoms with Crippen molar-refractivity contribution in [1.29, 1.82) is 0 Å². The van der Waals surface area contributed by atoms with Gasteiger partial charge in [0.25, 0.3) is 0 Å². The lowest BCUT2D eigenvalue weighted by Crippen LogP contribution is -3.00. The first-order valence-corrected chi connectivity index (χ1v) is 13.5. The van der Waals surface area contributed by atoms with E-state index < -0.39 is 0 Å². The van der Waals surface area contributed by atoms with Gasteiger partial charge in [0, 0.05) is 0 Å². The lowest BCUT2D eigenvalue weighted by molar-refractivity contribution is -0.910. The molecule has 178 valence electrons. The third-order valence-corrected chi connectivity index (χ3v) is 6.65. The van der Waals surface area contributed by atoms with E-state index in [1.54, 1.807) is 0 Å². The van der Waals surface area contributed by atoms with E-state index in [-0.39, 0.29) is 17.0 Å². The molecule has 0 aromatic carbocycles. The van der Waals surface area contributed by atoms with E-state index >= 15 is 0 Å². The summed E-state index contributed by atoms with van der Waals surface area (Å²) in [6, 6.07) is 0. The first kappa shape index (κ1) is 31.6. The molecule has 2 heteroatoms. The van der Waals surface area contributed by atoms with Crippen LogP contribution in [0.3, 0.4) is 0 Å². The minimum Gasteiger partial charge on any atom is -1.00 e. The van der Waals surface area contributed by atoms with E-state index in [1.165, 1.54) is 153 Å². The molecule has 0 rings (SSSR count). The normalized spacial score (nSPS) is 11.6. The summed E-state index contributed by atoms with van der Waals surface area (Å²) in [4.78, 5) is 0. The highest BCUT2D eigenvalue weighted by Gasteiger charge is 2.20. The summed E-state index contributed by atoms with van der Waals surface area (Å²) in [6.45, 7) is 11.2. The van der Waals surface area contributed by atoms with Crippen molar-refractivity contribution in [2.75, 3.05) is 26.7 Å². The fourth-order valence-electron chi connectivity index (χ4n) is 4.51. The average Bonchev–Trinajstić information content (AvgIpc) is 2.69. The highest BCUT2D eigenvalue weighted by molar-refractivity contribution is 4.51. The third-order valence-electron chi connectivity index (χ3n) is 6.65. The van der Waals surface area contributed by atoms with Crippen LogP contribution in [0.25, 0.3) is 0 Å². The van der Waals surface area contributed by atoms with Gasteiger partial charge in [-0.25, -0.2) is 0 Å². The number of unbranched alkanes of at least 4 members (excludes halogenated alkanes) is 17. The van der Waals surface area contributed by atoms with Gasteiger partial charge in [0.1, 0.15) is 0 Å². The quantitative estimate of drug-likeness (QED) is 0.120. The van der Waals surface area contributed by atoms with Crippen LogP contribution in [0, 0.1) is 0 Å². The summed E-state index contributed by atoms with van der Waals surface area (Å²) >= 11 is 0. The Labute approximate surface area is 197 Å². The van der Waals surface area contributed by atoms with Crippen LogP contribution in [-0.2, 0) is 0 Å². The number of hydrogen-bond acceptors (Lipinski definition) is 0. The summed E-state index contributed by atoms with van der Waals surface area (Å²) in [7, 11) is 2.57. The molecule has 0 aliphatic carbocycles. The van der Waals surface area contributed by atoms with Crippen LogP contribution in [0.5, 0.6) is 0 Å². The molecular formula is C27H58BrN. The molecule has 0 saturated heterocycles. The van der Waals surface area contributed by atoms with Gasteiger partial charge in [-0.15, -0.1) is 0 Å². The lowest BCUT2D eigenvalue weighted by Gasteiger charge is -2.35. The van der Waals surface area contributed by atoms with Crippen molar-refractivity contribution in [3.63, 3.8) is 0 Å².